The number of ether oxygens (including phenoxy) is 1. The summed E-state index contributed by atoms with van der Waals surface area (Å²) in [4.78, 5) is 3.49. The summed E-state index contributed by atoms with van der Waals surface area (Å²) in [6, 6.07) is 4.42. The first kappa shape index (κ1) is 11.8. The Morgan fingerprint density at radius 2 is 2.00 bits per heavy atom. The number of benzene rings is 1. The van der Waals surface area contributed by atoms with Gasteiger partial charge < -0.3 is 9.64 Å². The van der Waals surface area contributed by atoms with E-state index in [1.54, 1.807) is 0 Å². The average molecular weight is 237 g/mol. The van der Waals surface area contributed by atoms with Crippen LogP contribution in [0.1, 0.15) is 18.1 Å². The van der Waals surface area contributed by atoms with Crippen LogP contribution in [0.4, 0.5) is 5.69 Å². The van der Waals surface area contributed by atoms with Crippen molar-refractivity contribution in [2.24, 2.45) is 0 Å². The Balaban J connectivity index is 2.30. The fourth-order valence-electron chi connectivity index (χ4n) is 2.17. The molecule has 0 radical (unpaired) electrons. The van der Waals surface area contributed by atoms with E-state index in [2.05, 4.69) is 43.5 Å². The average Bonchev–Trinajstić information content (AvgIpc) is 2.34. The summed E-state index contributed by atoms with van der Waals surface area (Å²) in [5, 5.41) is 0. The lowest BCUT2D eigenvalue weighted by Gasteiger charge is -2.30. The van der Waals surface area contributed by atoms with E-state index in [1.807, 2.05) is 0 Å². The lowest BCUT2D eigenvalue weighted by Crippen LogP contribution is -2.36. The van der Waals surface area contributed by atoms with Crippen LogP contribution in [0, 0.1) is 6.92 Å². The zero-order chi connectivity index (χ0) is 11.5. The molecule has 0 amide bonds. The van der Waals surface area contributed by atoms with Crippen LogP contribution in [0.3, 0.4) is 0 Å². The monoisotopic (exact) mass is 237 g/mol. The molecule has 0 spiro atoms. The minimum Gasteiger partial charge on any atom is -0.378 e. The summed E-state index contributed by atoms with van der Waals surface area (Å²) in [6.07, 6.45) is 1.07. The maximum absolute atomic E-state index is 5.37. The van der Waals surface area contributed by atoms with Crippen LogP contribution in [0.2, 0.25) is 0 Å². The van der Waals surface area contributed by atoms with Gasteiger partial charge in [0.15, 0.2) is 0 Å². The number of hydrogen-bond donors (Lipinski definition) is 1. The highest BCUT2D eigenvalue weighted by Crippen LogP contribution is 2.30. The topological polar surface area (TPSA) is 12.5 Å². The highest BCUT2D eigenvalue weighted by Gasteiger charge is 2.15. The van der Waals surface area contributed by atoms with Gasteiger partial charge in [0.1, 0.15) is 0 Å². The third-order valence-corrected chi connectivity index (χ3v) is 3.82. The molecule has 0 saturated carbocycles. The molecule has 3 heteroatoms. The Hall–Kier alpha value is -0.670. The van der Waals surface area contributed by atoms with Gasteiger partial charge in [0, 0.05) is 18.0 Å². The van der Waals surface area contributed by atoms with E-state index < -0.39 is 0 Å². The van der Waals surface area contributed by atoms with Gasteiger partial charge in [-0.2, -0.15) is 0 Å². The maximum Gasteiger partial charge on any atom is 0.0642 e. The molecule has 0 unspecified atom stereocenters. The number of morpholine rings is 1. The fraction of sp³-hybridized carbons (Fsp3) is 0.538. The van der Waals surface area contributed by atoms with Gasteiger partial charge in [-0.1, -0.05) is 13.0 Å². The van der Waals surface area contributed by atoms with E-state index in [-0.39, 0.29) is 0 Å². The summed E-state index contributed by atoms with van der Waals surface area (Å²) >= 11 is 4.66. The quantitative estimate of drug-likeness (QED) is 0.794. The predicted octanol–water partition coefficient (Wildman–Crippen LogP) is 2.68. The predicted molar refractivity (Wildman–Crippen MR) is 70.8 cm³/mol. The number of thiol groups is 1. The lowest BCUT2D eigenvalue weighted by molar-refractivity contribution is 0.122. The Labute approximate surface area is 103 Å². The van der Waals surface area contributed by atoms with Crippen molar-refractivity contribution < 1.29 is 4.74 Å². The van der Waals surface area contributed by atoms with Crippen molar-refractivity contribution in [2.45, 2.75) is 25.2 Å². The lowest BCUT2D eigenvalue weighted by atomic mass is 10.0. The molecule has 0 aromatic heterocycles. The molecule has 88 valence electrons. The van der Waals surface area contributed by atoms with E-state index in [1.165, 1.54) is 16.8 Å². The fourth-order valence-corrected chi connectivity index (χ4v) is 2.53. The molecule has 1 fully saturated rings. The van der Waals surface area contributed by atoms with Gasteiger partial charge >= 0.3 is 0 Å². The summed E-state index contributed by atoms with van der Waals surface area (Å²) < 4.78 is 5.37. The van der Waals surface area contributed by atoms with Crippen molar-refractivity contribution in [2.75, 3.05) is 31.2 Å². The molecule has 1 aromatic carbocycles. The van der Waals surface area contributed by atoms with Crippen LogP contribution in [0.5, 0.6) is 0 Å². The normalized spacial score (nSPS) is 16.6. The number of nitrogens with zero attached hydrogens (tertiary/aromatic N) is 1. The van der Waals surface area contributed by atoms with Crippen molar-refractivity contribution in [3.8, 4) is 0 Å². The SMILES string of the molecule is CCc1ccc(N2CCOCC2)c(S)c1C. The van der Waals surface area contributed by atoms with E-state index in [0.29, 0.717) is 0 Å². The van der Waals surface area contributed by atoms with Crippen molar-refractivity contribution in [1.82, 2.24) is 0 Å². The highest BCUT2D eigenvalue weighted by molar-refractivity contribution is 7.80. The van der Waals surface area contributed by atoms with Gasteiger partial charge in [-0.25, -0.2) is 0 Å². The summed E-state index contributed by atoms with van der Waals surface area (Å²) in [5.41, 5.74) is 3.96. The molecule has 1 heterocycles. The standard InChI is InChI=1S/C13H19NOS/c1-3-11-4-5-12(13(16)10(11)2)14-6-8-15-9-7-14/h4-5,16H,3,6-9H2,1-2H3. The van der Waals surface area contributed by atoms with E-state index in [4.69, 9.17) is 4.74 Å². The Bertz CT molecular complexity index is 372. The van der Waals surface area contributed by atoms with Gasteiger partial charge in [0.05, 0.1) is 18.9 Å². The number of anilines is 1. The smallest absolute Gasteiger partial charge is 0.0642 e. The van der Waals surface area contributed by atoms with Crippen LogP contribution < -0.4 is 4.90 Å². The zero-order valence-electron chi connectivity index (χ0n) is 9.99. The second-order valence-electron chi connectivity index (χ2n) is 4.17. The number of aryl methyl sites for hydroxylation is 1. The second-order valence-corrected chi connectivity index (χ2v) is 4.62. The van der Waals surface area contributed by atoms with E-state index in [9.17, 15) is 0 Å². The first-order valence-corrected chi connectivity index (χ1v) is 6.33. The van der Waals surface area contributed by atoms with Gasteiger partial charge in [0.25, 0.3) is 0 Å². The third kappa shape index (κ3) is 2.20. The molecular formula is C13H19NOS. The number of rotatable bonds is 2. The van der Waals surface area contributed by atoms with Crippen molar-refractivity contribution in [1.29, 1.82) is 0 Å². The zero-order valence-corrected chi connectivity index (χ0v) is 10.9. The summed E-state index contributed by atoms with van der Waals surface area (Å²) in [6.45, 7) is 7.93. The van der Waals surface area contributed by atoms with Crippen LogP contribution >= 0.6 is 12.6 Å². The molecule has 0 N–H and O–H groups in total. The minimum absolute atomic E-state index is 0.821. The van der Waals surface area contributed by atoms with Gasteiger partial charge in [-0.15, -0.1) is 12.6 Å². The Morgan fingerprint density at radius 1 is 1.31 bits per heavy atom. The molecule has 1 saturated heterocycles. The molecule has 1 aromatic rings. The van der Waals surface area contributed by atoms with Gasteiger partial charge in [0.2, 0.25) is 0 Å². The Morgan fingerprint density at radius 3 is 2.62 bits per heavy atom. The maximum atomic E-state index is 5.37. The molecule has 0 bridgehead atoms. The number of hydrogen-bond acceptors (Lipinski definition) is 3. The van der Waals surface area contributed by atoms with E-state index >= 15 is 0 Å². The molecule has 16 heavy (non-hydrogen) atoms. The van der Waals surface area contributed by atoms with Crippen molar-refractivity contribution in [3.05, 3.63) is 23.3 Å². The summed E-state index contributed by atoms with van der Waals surface area (Å²) in [7, 11) is 0. The molecule has 2 rings (SSSR count). The minimum atomic E-state index is 0.821. The first-order valence-electron chi connectivity index (χ1n) is 5.88. The molecule has 0 aliphatic carbocycles. The van der Waals surface area contributed by atoms with Gasteiger partial charge in [-0.05, 0) is 30.5 Å². The molecular weight excluding hydrogens is 218 g/mol. The van der Waals surface area contributed by atoms with Crippen LogP contribution in [-0.2, 0) is 11.2 Å². The van der Waals surface area contributed by atoms with Crippen LogP contribution in [0.15, 0.2) is 17.0 Å². The van der Waals surface area contributed by atoms with Gasteiger partial charge in [-0.3, -0.25) is 0 Å². The van der Waals surface area contributed by atoms with Crippen molar-refractivity contribution >= 4 is 18.3 Å². The second kappa shape index (κ2) is 5.11. The summed E-state index contributed by atoms with van der Waals surface area (Å²) in [5.74, 6) is 0. The molecule has 1 aliphatic rings. The third-order valence-electron chi connectivity index (χ3n) is 3.25. The van der Waals surface area contributed by atoms with E-state index in [0.717, 1.165) is 37.6 Å². The molecule has 2 nitrogen and oxygen atoms in total. The Kier molecular flexibility index (Phi) is 3.77. The van der Waals surface area contributed by atoms with Crippen molar-refractivity contribution in [3.63, 3.8) is 0 Å². The van der Waals surface area contributed by atoms with Crippen LogP contribution in [-0.4, -0.2) is 26.3 Å². The largest absolute Gasteiger partial charge is 0.378 e. The first-order chi connectivity index (χ1) is 7.74. The van der Waals surface area contributed by atoms with Crippen LogP contribution in [0.25, 0.3) is 0 Å². The molecule has 1 aliphatic heterocycles. The highest BCUT2D eigenvalue weighted by atomic mass is 32.1. The molecule has 0 atom stereocenters.